The maximum atomic E-state index is 12.3. The van der Waals surface area contributed by atoms with Crippen molar-refractivity contribution in [2.24, 2.45) is 0 Å². The third-order valence-corrected chi connectivity index (χ3v) is 5.29. The first-order valence-electron chi connectivity index (χ1n) is 8.58. The fraction of sp³-hybridized carbons (Fsp3) is 0.316. The lowest BCUT2D eigenvalue weighted by atomic mass is 10.2. The van der Waals surface area contributed by atoms with Crippen LogP contribution in [-0.4, -0.2) is 30.0 Å². The van der Waals surface area contributed by atoms with E-state index in [9.17, 15) is 8.78 Å². The van der Waals surface area contributed by atoms with Crippen LogP contribution in [0, 0.1) is 0 Å². The van der Waals surface area contributed by atoms with Gasteiger partial charge in [-0.15, -0.1) is 0 Å². The van der Waals surface area contributed by atoms with Gasteiger partial charge in [0.25, 0.3) is 5.76 Å². The second-order valence-electron chi connectivity index (χ2n) is 6.35. The Hall–Kier alpha value is -1.70. The lowest BCUT2D eigenvalue weighted by Gasteiger charge is -2.16. The number of thiocarbonyl (C=S) groups is 1. The summed E-state index contributed by atoms with van der Waals surface area (Å²) >= 11 is 5.93. The molecule has 1 aliphatic heterocycles. The molecule has 3 rings (SSSR count). The van der Waals surface area contributed by atoms with Crippen LogP contribution in [-0.2, 0) is 6.54 Å². The van der Waals surface area contributed by atoms with Crippen LogP contribution in [0.1, 0.15) is 12.0 Å². The molecule has 2 aromatic rings. The Bertz CT molecular complexity index is 710. The van der Waals surface area contributed by atoms with Gasteiger partial charge >= 0.3 is 0 Å². The van der Waals surface area contributed by atoms with Gasteiger partial charge in [0.15, 0.2) is 5.11 Å². The monoisotopic (exact) mass is 394 g/mol. The lowest BCUT2D eigenvalue weighted by molar-refractivity contribution is -0.901. The summed E-state index contributed by atoms with van der Waals surface area (Å²) in [7, 11) is 0. The van der Waals surface area contributed by atoms with Gasteiger partial charge in [0, 0.05) is 22.6 Å². The van der Waals surface area contributed by atoms with Gasteiger partial charge in [-0.3, -0.25) is 0 Å². The van der Waals surface area contributed by atoms with Gasteiger partial charge in [-0.25, -0.2) is 0 Å². The summed E-state index contributed by atoms with van der Waals surface area (Å²) in [6, 6.07) is 17.7. The number of alkyl halides is 2. The molecule has 0 aliphatic carbocycles. The maximum Gasteiger partial charge on any atom is 0.288 e. The van der Waals surface area contributed by atoms with Crippen LogP contribution >= 0.6 is 24.0 Å². The van der Waals surface area contributed by atoms with Crippen molar-refractivity contribution in [2.75, 3.05) is 18.4 Å². The smallest absolute Gasteiger partial charge is 0.288 e. The van der Waals surface area contributed by atoms with Crippen molar-refractivity contribution in [3.05, 3.63) is 60.2 Å². The first kappa shape index (κ1) is 19.1. The van der Waals surface area contributed by atoms with Crippen LogP contribution in [0.3, 0.4) is 0 Å². The SMILES string of the molecule is FC(F)Sc1ccc(NC(=S)N[C@H]2CC[NH+](Cc3ccccc3)C2)cc1. The predicted molar refractivity (Wildman–Crippen MR) is 107 cm³/mol. The topological polar surface area (TPSA) is 28.5 Å². The first-order valence-corrected chi connectivity index (χ1v) is 9.87. The van der Waals surface area contributed by atoms with Crippen LogP contribution < -0.4 is 15.5 Å². The fourth-order valence-electron chi connectivity index (χ4n) is 3.17. The number of hydrogen-bond donors (Lipinski definition) is 3. The summed E-state index contributed by atoms with van der Waals surface area (Å²) in [5.41, 5.74) is 2.15. The summed E-state index contributed by atoms with van der Waals surface area (Å²) in [4.78, 5) is 2.09. The van der Waals surface area contributed by atoms with E-state index in [2.05, 4.69) is 34.9 Å². The summed E-state index contributed by atoms with van der Waals surface area (Å²) in [6.07, 6.45) is 1.08. The fourth-order valence-corrected chi connectivity index (χ4v) is 3.95. The summed E-state index contributed by atoms with van der Waals surface area (Å²) in [5.74, 6) is -2.40. The number of hydrogen-bond acceptors (Lipinski definition) is 2. The van der Waals surface area contributed by atoms with E-state index in [1.54, 1.807) is 29.2 Å². The molecule has 2 aromatic carbocycles. The molecular formula is C19H22F2N3S2+. The van der Waals surface area contributed by atoms with Gasteiger partial charge in [0.05, 0.1) is 19.1 Å². The number of thioether (sulfide) groups is 1. The maximum absolute atomic E-state index is 12.3. The largest absolute Gasteiger partial charge is 0.354 e. The van der Waals surface area contributed by atoms with Crippen molar-refractivity contribution in [2.45, 2.75) is 29.7 Å². The minimum atomic E-state index is -2.40. The molecule has 2 atom stereocenters. The van der Waals surface area contributed by atoms with Crippen molar-refractivity contribution in [3.63, 3.8) is 0 Å². The van der Waals surface area contributed by atoms with Gasteiger partial charge in [0.2, 0.25) is 0 Å². The number of rotatable bonds is 6. The molecule has 3 N–H and O–H groups in total. The van der Waals surface area contributed by atoms with E-state index in [0.29, 0.717) is 27.8 Å². The number of halogens is 2. The van der Waals surface area contributed by atoms with E-state index in [1.165, 1.54) is 5.56 Å². The molecule has 26 heavy (non-hydrogen) atoms. The van der Waals surface area contributed by atoms with E-state index >= 15 is 0 Å². The third-order valence-electron chi connectivity index (χ3n) is 4.35. The molecular weight excluding hydrogens is 372 g/mol. The number of anilines is 1. The zero-order valence-corrected chi connectivity index (χ0v) is 15.9. The molecule has 1 saturated heterocycles. The summed E-state index contributed by atoms with van der Waals surface area (Å²) < 4.78 is 24.7. The van der Waals surface area contributed by atoms with Gasteiger partial charge in [-0.05, 0) is 36.5 Å². The molecule has 1 heterocycles. The minimum Gasteiger partial charge on any atom is -0.354 e. The molecule has 0 aromatic heterocycles. The van der Waals surface area contributed by atoms with E-state index in [0.717, 1.165) is 31.7 Å². The number of quaternary nitrogens is 1. The average Bonchev–Trinajstić information content (AvgIpc) is 3.04. The zero-order chi connectivity index (χ0) is 18.4. The first-order chi connectivity index (χ1) is 12.6. The molecule has 1 unspecified atom stereocenters. The van der Waals surface area contributed by atoms with Gasteiger partial charge in [-0.1, -0.05) is 42.1 Å². The second kappa shape index (κ2) is 9.30. The Morgan fingerprint density at radius 1 is 1.15 bits per heavy atom. The minimum absolute atomic E-state index is 0.349. The van der Waals surface area contributed by atoms with Crippen LogP contribution in [0.5, 0.6) is 0 Å². The highest BCUT2D eigenvalue weighted by Gasteiger charge is 2.26. The molecule has 0 saturated carbocycles. The molecule has 0 amide bonds. The van der Waals surface area contributed by atoms with E-state index in [4.69, 9.17) is 12.2 Å². The molecule has 0 spiro atoms. The van der Waals surface area contributed by atoms with Crippen LogP contribution in [0.2, 0.25) is 0 Å². The van der Waals surface area contributed by atoms with Crippen molar-refractivity contribution in [1.29, 1.82) is 0 Å². The molecule has 1 fully saturated rings. The highest BCUT2D eigenvalue weighted by atomic mass is 32.2. The standard InChI is InChI=1S/C19H21F2N3S2/c20-18(21)26-17-8-6-15(7-9-17)22-19(25)23-16-10-11-24(13-16)12-14-4-2-1-3-5-14/h1-9,16,18H,10-13H2,(H2,22,23,25)/p+1/t16-/m0/s1. The van der Waals surface area contributed by atoms with Crippen LogP contribution in [0.25, 0.3) is 0 Å². The Balaban J connectivity index is 1.44. The van der Waals surface area contributed by atoms with Crippen molar-refractivity contribution in [1.82, 2.24) is 5.32 Å². The normalized spacial score (nSPS) is 19.5. The Morgan fingerprint density at radius 3 is 2.58 bits per heavy atom. The number of likely N-dealkylation sites (tertiary alicyclic amines) is 1. The van der Waals surface area contributed by atoms with Crippen LogP contribution in [0.15, 0.2) is 59.5 Å². The van der Waals surface area contributed by atoms with E-state index in [1.807, 2.05) is 6.07 Å². The molecule has 7 heteroatoms. The molecule has 0 bridgehead atoms. The summed E-state index contributed by atoms with van der Waals surface area (Å²) in [5, 5.41) is 7.07. The van der Waals surface area contributed by atoms with Crippen molar-refractivity contribution >= 4 is 34.8 Å². The van der Waals surface area contributed by atoms with Gasteiger partial charge in [-0.2, -0.15) is 8.78 Å². The van der Waals surface area contributed by atoms with Crippen molar-refractivity contribution in [3.8, 4) is 0 Å². The molecule has 1 aliphatic rings. The highest BCUT2D eigenvalue weighted by molar-refractivity contribution is 7.99. The van der Waals surface area contributed by atoms with E-state index in [-0.39, 0.29) is 0 Å². The predicted octanol–water partition coefficient (Wildman–Crippen LogP) is 3.15. The van der Waals surface area contributed by atoms with Gasteiger partial charge in [0.1, 0.15) is 6.54 Å². The second-order valence-corrected chi connectivity index (χ2v) is 7.83. The molecule has 3 nitrogen and oxygen atoms in total. The Morgan fingerprint density at radius 2 is 1.88 bits per heavy atom. The molecule has 138 valence electrons. The molecule has 0 radical (unpaired) electrons. The highest BCUT2D eigenvalue weighted by Crippen LogP contribution is 2.26. The van der Waals surface area contributed by atoms with Crippen LogP contribution in [0.4, 0.5) is 14.5 Å². The number of benzene rings is 2. The average molecular weight is 395 g/mol. The van der Waals surface area contributed by atoms with Crippen molar-refractivity contribution < 1.29 is 13.7 Å². The quantitative estimate of drug-likeness (QED) is 0.519. The number of nitrogens with one attached hydrogen (secondary N) is 3. The zero-order valence-electron chi connectivity index (χ0n) is 14.3. The van der Waals surface area contributed by atoms with E-state index < -0.39 is 5.76 Å². The third kappa shape index (κ3) is 5.93. The van der Waals surface area contributed by atoms with Gasteiger partial charge < -0.3 is 15.5 Å². The Labute approximate surface area is 162 Å². The Kier molecular flexibility index (Phi) is 6.82. The summed E-state index contributed by atoms with van der Waals surface area (Å²) in [6.45, 7) is 3.18. The lowest BCUT2D eigenvalue weighted by Crippen LogP contribution is -3.09.